The lowest BCUT2D eigenvalue weighted by Gasteiger charge is -2.35. The number of rotatable bonds is 2. The predicted molar refractivity (Wildman–Crippen MR) is 87.3 cm³/mol. The molecule has 1 heterocycles. The number of fused-ring (bicyclic) bond motifs is 1. The highest BCUT2D eigenvalue weighted by Crippen LogP contribution is 2.59. The zero-order chi connectivity index (χ0) is 18.7. The van der Waals surface area contributed by atoms with Gasteiger partial charge in [0.1, 0.15) is 3.92 Å². The molecule has 0 N–H and O–H groups in total. The smallest absolute Gasteiger partial charge is 0.367 e. The van der Waals surface area contributed by atoms with Crippen molar-refractivity contribution in [1.82, 2.24) is 0 Å². The van der Waals surface area contributed by atoms with Crippen molar-refractivity contribution in [3.63, 3.8) is 0 Å². The van der Waals surface area contributed by atoms with Crippen LogP contribution in [0.5, 0.6) is 0 Å². The van der Waals surface area contributed by atoms with E-state index >= 15 is 0 Å². The van der Waals surface area contributed by atoms with Gasteiger partial charge >= 0.3 is 12.4 Å². The summed E-state index contributed by atoms with van der Waals surface area (Å²) in [5.41, 5.74) is -1.56. The first-order valence-corrected chi connectivity index (χ1v) is 8.80. The summed E-state index contributed by atoms with van der Waals surface area (Å²) in [6.45, 7) is 2.18. The molecule has 5 atom stereocenters. The third-order valence-electron chi connectivity index (χ3n) is 5.17. The number of hydrogen-bond donors (Lipinski definition) is 0. The van der Waals surface area contributed by atoms with Gasteiger partial charge in [0.2, 0.25) is 0 Å². The fraction of sp³-hybridized carbons (Fsp3) is 0.562. The Bertz CT molecular complexity index is 723. The molecule has 1 aliphatic carbocycles. The normalized spacial score (nSPS) is 30.0. The van der Waals surface area contributed by atoms with Crippen LogP contribution in [-0.4, -0.2) is 22.7 Å². The monoisotopic (exact) mass is 474 g/mol. The standard InChI is InChI=1S/C16H13F6IN2/c1-7-10-6-25(13(12(7)10)14(23)16(20,21)22)9-3-2-8(5-24)11(4-9)15(17,18)19/h2-4,7,10,12-14H,6H2,1H3/t7-,10+,12-,13-,14+/m1/s1. The zero-order valence-corrected chi connectivity index (χ0v) is 15.0. The summed E-state index contributed by atoms with van der Waals surface area (Å²) in [4.78, 5) is 1.43. The van der Waals surface area contributed by atoms with Crippen LogP contribution in [0.2, 0.25) is 0 Å². The minimum Gasteiger partial charge on any atom is -0.367 e. The second kappa shape index (κ2) is 5.93. The summed E-state index contributed by atoms with van der Waals surface area (Å²) in [6.07, 6.45) is -9.17. The first kappa shape index (κ1) is 18.6. The molecule has 2 nitrogen and oxygen atoms in total. The number of nitriles is 1. The van der Waals surface area contributed by atoms with E-state index in [2.05, 4.69) is 0 Å². The van der Waals surface area contributed by atoms with Gasteiger partial charge in [0.15, 0.2) is 0 Å². The third-order valence-corrected chi connectivity index (χ3v) is 6.61. The second-order valence-electron chi connectivity index (χ2n) is 6.53. The van der Waals surface area contributed by atoms with Gasteiger partial charge in [-0.1, -0.05) is 29.5 Å². The first-order chi connectivity index (χ1) is 11.5. The molecule has 3 rings (SSSR count). The first-order valence-electron chi connectivity index (χ1n) is 7.55. The molecular formula is C16H13F6IN2. The van der Waals surface area contributed by atoms with E-state index in [1.54, 1.807) is 0 Å². The van der Waals surface area contributed by atoms with Crippen molar-refractivity contribution >= 4 is 28.3 Å². The van der Waals surface area contributed by atoms with Gasteiger partial charge in [-0.2, -0.15) is 31.6 Å². The SMILES string of the molecule is C[C@@H]1[C@@H]2CN(c3ccc(C#N)c(C(F)(F)F)c3)[C@@H]([C@H](I)C(F)(F)F)[C@H]12. The molecule has 25 heavy (non-hydrogen) atoms. The van der Waals surface area contributed by atoms with Crippen molar-refractivity contribution in [2.75, 3.05) is 11.4 Å². The minimum atomic E-state index is -4.74. The molecule has 1 aliphatic heterocycles. The fourth-order valence-electron chi connectivity index (χ4n) is 3.86. The molecule has 0 amide bonds. The van der Waals surface area contributed by atoms with Gasteiger partial charge < -0.3 is 4.90 Å². The Hall–Kier alpha value is -1.18. The van der Waals surface area contributed by atoms with E-state index < -0.39 is 33.4 Å². The topological polar surface area (TPSA) is 27.0 Å². The summed E-state index contributed by atoms with van der Waals surface area (Å²) >= 11 is 1.34. The molecule has 1 aromatic carbocycles. The van der Waals surface area contributed by atoms with Crippen molar-refractivity contribution in [2.24, 2.45) is 17.8 Å². The second-order valence-corrected chi connectivity index (χ2v) is 7.87. The Morgan fingerprint density at radius 3 is 2.40 bits per heavy atom. The summed E-state index contributed by atoms with van der Waals surface area (Å²) in [6, 6.07) is 3.71. The van der Waals surface area contributed by atoms with Gasteiger partial charge in [0.05, 0.1) is 23.2 Å². The van der Waals surface area contributed by atoms with Gasteiger partial charge in [-0.15, -0.1) is 0 Å². The molecule has 9 heteroatoms. The Labute approximate surface area is 153 Å². The maximum absolute atomic E-state index is 13.2. The van der Waals surface area contributed by atoms with Crippen LogP contribution in [0.1, 0.15) is 18.1 Å². The molecule has 0 aromatic heterocycles. The summed E-state index contributed by atoms with van der Waals surface area (Å²) in [7, 11) is 0. The van der Waals surface area contributed by atoms with Crippen LogP contribution in [0.25, 0.3) is 0 Å². The van der Waals surface area contributed by atoms with E-state index in [0.717, 1.165) is 12.1 Å². The van der Waals surface area contributed by atoms with Crippen molar-refractivity contribution in [1.29, 1.82) is 5.26 Å². The molecule has 0 bridgehead atoms. The predicted octanol–water partition coefficient (Wildman–Crippen LogP) is 5.01. The maximum Gasteiger partial charge on any atom is 0.417 e. The Morgan fingerprint density at radius 1 is 1.24 bits per heavy atom. The van der Waals surface area contributed by atoms with Crippen LogP contribution >= 0.6 is 22.6 Å². The minimum absolute atomic E-state index is 0.0644. The van der Waals surface area contributed by atoms with Crippen LogP contribution < -0.4 is 4.90 Å². The number of halogens is 7. The molecule has 1 saturated carbocycles. The van der Waals surface area contributed by atoms with Crippen molar-refractivity contribution in [3.8, 4) is 6.07 Å². The molecule has 0 unspecified atom stereocenters. The highest BCUT2D eigenvalue weighted by Gasteiger charge is 2.64. The van der Waals surface area contributed by atoms with Gasteiger partial charge in [0, 0.05) is 12.2 Å². The molecule has 2 aliphatic rings. The highest BCUT2D eigenvalue weighted by molar-refractivity contribution is 14.1. The van der Waals surface area contributed by atoms with Crippen molar-refractivity contribution in [3.05, 3.63) is 29.3 Å². The lowest BCUT2D eigenvalue weighted by atomic mass is 10.0. The third kappa shape index (κ3) is 3.17. The molecule has 1 saturated heterocycles. The van der Waals surface area contributed by atoms with Crippen LogP contribution in [-0.2, 0) is 6.18 Å². The number of hydrogen-bond acceptors (Lipinski definition) is 2. The van der Waals surface area contributed by atoms with E-state index in [9.17, 15) is 26.3 Å². The number of nitrogens with zero attached hydrogens (tertiary/aromatic N) is 2. The van der Waals surface area contributed by atoms with E-state index in [0.29, 0.717) is 6.54 Å². The van der Waals surface area contributed by atoms with E-state index in [1.807, 2.05) is 6.92 Å². The van der Waals surface area contributed by atoms with Gasteiger partial charge in [-0.3, -0.25) is 0 Å². The van der Waals surface area contributed by atoms with E-state index in [-0.39, 0.29) is 23.4 Å². The summed E-state index contributed by atoms with van der Waals surface area (Å²) < 4.78 is 77.5. The Morgan fingerprint density at radius 2 is 1.88 bits per heavy atom. The number of benzene rings is 1. The lowest BCUT2D eigenvalue weighted by molar-refractivity contribution is -0.138. The summed E-state index contributed by atoms with van der Waals surface area (Å²) in [5.74, 6) is 0.0319. The largest absolute Gasteiger partial charge is 0.417 e. The molecule has 136 valence electrons. The molecule has 0 spiro atoms. The number of piperidine rings is 1. The van der Waals surface area contributed by atoms with Gasteiger partial charge in [-0.05, 0) is 36.0 Å². The average molecular weight is 474 g/mol. The number of alkyl halides is 7. The van der Waals surface area contributed by atoms with Crippen molar-refractivity contribution < 1.29 is 26.3 Å². The van der Waals surface area contributed by atoms with E-state index in [1.165, 1.54) is 39.6 Å². The quantitative estimate of drug-likeness (QED) is 0.343. The number of anilines is 1. The lowest BCUT2D eigenvalue weighted by Crippen LogP contribution is -2.46. The van der Waals surface area contributed by atoms with Crippen LogP contribution in [0.15, 0.2) is 18.2 Å². The van der Waals surface area contributed by atoms with Crippen LogP contribution in [0.3, 0.4) is 0 Å². The van der Waals surface area contributed by atoms with E-state index in [4.69, 9.17) is 5.26 Å². The highest BCUT2D eigenvalue weighted by atomic mass is 127. The van der Waals surface area contributed by atoms with Gasteiger partial charge in [0.25, 0.3) is 0 Å². The molecule has 0 radical (unpaired) electrons. The van der Waals surface area contributed by atoms with Crippen LogP contribution in [0, 0.1) is 29.1 Å². The fourth-order valence-corrected chi connectivity index (χ4v) is 4.72. The van der Waals surface area contributed by atoms with Crippen LogP contribution in [0.4, 0.5) is 32.0 Å². The molecular weight excluding hydrogens is 461 g/mol. The molecule has 2 fully saturated rings. The maximum atomic E-state index is 13.2. The molecule has 1 aromatic rings. The zero-order valence-electron chi connectivity index (χ0n) is 12.9. The van der Waals surface area contributed by atoms with Gasteiger partial charge in [-0.25, -0.2) is 0 Å². The average Bonchev–Trinajstić information content (AvgIpc) is 2.96. The summed E-state index contributed by atoms with van der Waals surface area (Å²) in [5, 5.41) is 8.86. The Balaban J connectivity index is 2.00. The Kier molecular flexibility index (Phi) is 4.41. The van der Waals surface area contributed by atoms with Crippen molar-refractivity contribution in [2.45, 2.75) is 29.2 Å².